The number of hydrogen-bond donors (Lipinski definition) is 0. The van der Waals surface area contributed by atoms with Crippen LogP contribution in [0.15, 0.2) is 0 Å². The van der Waals surface area contributed by atoms with Crippen molar-refractivity contribution < 1.29 is 0 Å². The monoisotopic (exact) mass is 187 g/mol. The number of likely N-dealkylation sites (tertiary alicyclic amines) is 1. The van der Waals surface area contributed by atoms with Gasteiger partial charge in [0.2, 0.25) is 0 Å². The molecule has 0 aromatic rings. The SMILES string of the molecule is ClC1CCN(CC2CCC2)CC1. The minimum absolute atomic E-state index is 0.461. The van der Waals surface area contributed by atoms with E-state index in [0.29, 0.717) is 5.38 Å². The van der Waals surface area contributed by atoms with E-state index in [0.717, 1.165) is 5.92 Å². The van der Waals surface area contributed by atoms with Crippen LogP contribution in [0.1, 0.15) is 32.1 Å². The lowest BCUT2D eigenvalue weighted by Gasteiger charge is -2.35. The molecule has 0 bridgehead atoms. The van der Waals surface area contributed by atoms with Crippen LogP contribution < -0.4 is 0 Å². The molecular weight excluding hydrogens is 170 g/mol. The van der Waals surface area contributed by atoms with Crippen molar-refractivity contribution in [3.8, 4) is 0 Å². The van der Waals surface area contributed by atoms with Gasteiger partial charge in [0.1, 0.15) is 0 Å². The normalized spacial score (nSPS) is 28.8. The summed E-state index contributed by atoms with van der Waals surface area (Å²) in [5, 5.41) is 0.461. The van der Waals surface area contributed by atoms with Crippen LogP contribution in [0, 0.1) is 5.92 Å². The topological polar surface area (TPSA) is 3.24 Å². The molecule has 2 rings (SSSR count). The largest absolute Gasteiger partial charge is 0.303 e. The van der Waals surface area contributed by atoms with E-state index in [2.05, 4.69) is 4.90 Å². The maximum atomic E-state index is 6.04. The lowest BCUT2D eigenvalue weighted by molar-refractivity contribution is 0.156. The first-order valence-corrected chi connectivity index (χ1v) is 5.64. The molecule has 0 radical (unpaired) electrons. The molecule has 0 N–H and O–H groups in total. The number of hydrogen-bond acceptors (Lipinski definition) is 1. The molecule has 1 aliphatic carbocycles. The van der Waals surface area contributed by atoms with E-state index in [1.807, 2.05) is 0 Å². The van der Waals surface area contributed by atoms with Crippen LogP contribution in [0.4, 0.5) is 0 Å². The van der Waals surface area contributed by atoms with E-state index in [9.17, 15) is 0 Å². The van der Waals surface area contributed by atoms with Gasteiger partial charge in [-0.3, -0.25) is 0 Å². The molecule has 0 atom stereocenters. The molecule has 1 heterocycles. The summed E-state index contributed by atoms with van der Waals surface area (Å²) in [6.45, 7) is 3.83. The highest BCUT2D eigenvalue weighted by Crippen LogP contribution is 2.28. The van der Waals surface area contributed by atoms with Crippen molar-refractivity contribution >= 4 is 11.6 Å². The summed E-state index contributed by atoms with van der Waals surface area (Å²) >= 11 is 6.04. The zero-order valence-corrected chi connectivity index (χ0v) is 8.39. The molecule has 0 aromatic carbocycles. The van der Waals surface area contributed by atoms with Gasteiger partial charge in [0, 0.05) is 11.9 Å². The zero-order chi connectivity index (χ0) is 8.39. The Hall–Kier alpha value is 0.250. The van der Waals surface area contributed by atoms with Crippen LogP contribution in [-0.2, 0) is 0 Å². The number of rotatable bonds is 2. The molecule has 2 fully saturated rings. The molecule has 1 nitrogen and oxygen atoms in total. The highest BCUT2D eigenvalue weighted by Gasteiger charge is 2.23. The Bertz CT molecular complexity index is 137. The Balaban J connectivity index is 1.67. The molecule has 1 saturated heterocycles. The van der Waals surface area contributed by atoms with Crippen molar-refractivity contribution in [3.05, 3.63) is 0 Å². The summed E-state index contributed by atoms with van der Waals surface area (Å²) in [5.41, 5.74) is 0. The summed E-state index contributed by atoms with van der Waals surface area (Å²) in [6, 6.07) is 0. The quantitative estimate of drug-likeness (QED) is 0.601. The molecule has 2 aliphatic rings. The van der Waals surface area contributed by atoms with Crippen molar-refractivity contribution in [2.75, 3.05) is 19.6 Å². The third kappa shape index (κ3) is 2.14. The van der Waals surface area contributed by atoms with Gasteiger partial charge in [-0.15, -0.1) is 11.6 Å². The van der Waals surface area contributed by atoms with E-state index >= 15 is 0 Å². The highest BCUT2D eigenvalue weighted by molar-refractivity contribution is 6.20. The highest BCUT2D eigenvalue weighted by atomic mass is 35.5. The zero-order valence-electron chi connectivity index (χ0n) is 7.64. The second-order valence-corrected chi connectivity index (χ2v) is 4.89. The fraction of sp³-hybridized carbons (Fsp3) is 1.00. The number of alkyl halides is 1. The van der Waals surface area contributed by atoms with E-state index in [4.69, 9.17) is 11.6 Å². The van der Waals surface area contributed by atoms with Gasteiger partial charge >= 0.3 is 0 Å². The standard InChI is InChI=1S/C10H18ClN/c11-10-4-6-12(7-5-10)8-9-2-1-3-9/h9-10H,1-8H2. The van der Waals surface area contributed by atoms with E-state index in [1.165, 1.54) is 51.7 Å². The van der Waals surface area contributed by atoms with Crippen molar-refractivity contribution in [1.29, 1.82) is 0 Å². The van der Waals surface area contributed by atoms with E-state index < -0.39 is 0 Å². The van der Waals surface area contributed by atoms with Gasteiger partial charge < -0.3 is 4.90 Å². The van der Waals surface area contributed by atoms with Crippen LogP contribution >= 0.6 is 11.6 Å². The van der Waals surface area contributed by atoms with E-state index in [1.54, 1.807) is 0 Å². The lowest BCUT2D eigenvalue weighted by Crippen LogP contribution is -2.38. The summed E-state index contributed by atoms with van der Waals surface area (Å²) in [6.07, 6.45) is 6.82. The molecular formula is C10H18ClN. The maximum Gasteiger partial charge on any atom is 0.0360 e. The predicted molar refractivity (Wildman–Crippen MR) is 52.7 cm³/mol. The van der Waals surface area contributed by atoms with Crippen LogP contribution in [0.3, 0.4) is 0 Å². The van der Waals surface area contributed by atoms with Crippen molar-refractivity contribution in [1.82, 2.24) is 4.90 Å². The van der Waals surface area contributed by atoms with Crippen LogP contribution in [-0.4, -0.2) is 29.9 Å². The van der Waals surface area contributed by atoms with Gasteiger partial charge in [-0.05, 0) is 44.7 Å². The minimum atomic E-state index is 0.461. The minimum Gasteiger partial charge on any atom is -0.303 e. The van der Waals surface area contributed by atoms with Crippen LogP contribution in [0.5, 0.6) is 0 Å². The van der Waals surface area contributed by atoms with Crippen LogP contribution in [0.25, 0.3) is 0 Å². The predicted octanol–water partition coefficient (Wildman–Crippen LogP) is 2.49. The third-order valence-corrected chi connectivity index (χ3v) is 3.69. The van der Waals surface area contributed by atoms with Gasteiger partial charge in [-0.1, -0.05) is 6.42 Å². The fourth-order valence-electron chi connectivity index (χ4n) is 2.12. The van der Waals surface area contributed by atoms with Crippen molar-refractivity contribution in [2.24, 2.45) is 5.92 Å². The third-order valence-electron chi connectivity index (χ3n) is 3.26. The molecule has 1 saturated carbocycles. The van der Waals surface area contributed by atoms with E-state index in [-0.39, 0.29) is 0 Å². The molecule has 0 unspecified atom stereocenters. The summed E-state index contributed by atoms with van der Waals surface area (Å²) in [7, 11) is 0. The Morgan fingerprint density at radius 2 is 1.75 bits per heavy atom. The Morgan fingerprint density at radius 3 is 2.25 bits per heavy atom. The summed E-state index contributed by atoms with van der Waals surface area (Å²) < 4.78 is 0. The molecule has 70 valence electrons. The number of halogens is 1. The Kier molecular flexibility index (Phi) is 2.92. The first-order valence-electron chi connectivity index (χ1n) is 5.21. The molecule has 2 heteroatoms. The number of piperidine rings is 1. The summed E-state index contributed by atoms with van der Waals surface area (Å²) in [4.78, 5) is 2.60. The first kappa shape index (κ1) is 8.83. The van der Waals surface area contributed by atoms with Crippen LogP contribution in [0.2, 0.25) is 0 Å². The Labute approximate surface area is 80.1 Å². The van der Waals surface area contributed by atoms with Crippen molar-refractivity contribution in [2.45, 2.75) is 37.5 Å². The van der Waals surface area contributed by atoms with Crippen molar-refractivity contribution in [3.63, 3.8) is 0 Å². The van der Waals surface area contributed by atoms with Gasteiger partial charge in [0.15, 0.2) is 0 Å². The second-order valence-electron chi connectivity index (χ2n) is 4.27. The van der Waals surface area contributed by atoms with Gasteiger partial charge in [0.05, 0.1) is 0 Å². The molecule has 0 aromatic heterocycles. The number of nitrogens with zero attached hydrogens (tertiary/aromatic N) is 1. The molecule has 0 spiro atoms. The second kappa shape index (κ2) is 3.97. The van der Waals surface area contributed by atoms with Gasteiger partial charge in [0.25, 0.3) is 0 Å². The molecule has 12 heavy (non-hydrogen) atoms. The van der Waals surface area contributed by atoms with Gasteiger partial charge in [-0.25, -0.2) is 0 Å². The lowest BCUT2D eigenvalue weighted by atomic mass is 9.85. The average Bonchev–Trinajstić information content (AvgIpc) is 2.00. The maximum absolute atomic E-state index is 6.04. The first-order chi connectivity index (χ1) is 5.84. The summed E-state index contributed by atoms with van der Waals surface area (Å²) in [5.74, 6) is 1.02. The average molecular weight is 188 g/mol. The van der Waals surface area contributed by atoms with Gasteiger partial charge in [-0.2, -0.15) is 0 Å². The molecule has 1 aliphatic heterocycles. The smallest absolute Gasteiger partial charge is 0.0360 e. The Morgan fingerprint density at radius 1 is 1.08 bits per heavy atom. The molecule has 0 amide bonds. The fourth-order valence-corrected chi connectivity index (χ4v) is 2.32.